The van der Waals surface area contributed by atoms with E-state index in [0.717, 1.165) is 19.2 Å². The number of esters is 1. The van der Waals surface area contributed by atoms with E-state index in [-0.39, 0.29) is 5.56 Å². The zero-order valence-electron chi connectivity index (χ0n) is 10.3. The summed E-state index contributed by atoms with van der Waals surface area (Å²) >= 11 is 0. The Bertz CT molecular complexity index is 574. The van der Waals surface area contributed by atoms with Crippen LogP contribution in [0.25, 0.3) is 0 Å². The Kier molecular flexibility index (Phi) is 4.33. The van der Waals surface area contributed by atoms with Gasteiger partial charge in [-0.15, -0.1) is 0 Å². The first kappa shape index (κ1) is 15.5. The fraction of sp³-hybridized carbons (Fsp3) is 0.273. The molecule has 0 heterocycles. The van der Waals surface area contributed by atoms with Gasteiger partial charge in [0.2, 0.25) is 5.91 Å². The molecule has 1 aromatic rings. The molecule has 108 valence electrons. The monoisotopic (exact) mass is 288 g/mol. The van der Waals surface area contributed by atoms with Crippen LogP contribution in [0, 0.1) is 10.1 Å². The molecule has 0 fully saturated rings. The Morgan fingerprint density at radius 1 is 1.45 bits per heavy atom. The predicted molar refractivity (Wildman–Crippen MR) is 61.9 cm³/mol. The van der Waals surface area contributed by atoms with Gasteiger partial charge in [0.1, 0.15) is 0 Å². The van der Waals surface area contributed by atoms with Gasteiger partial charge in [0.25, 0.3) is 5.69 Å². The Balaban J connectivity index is 3.45. The maximum absolute atomic E-state index is 13.9. The number of rotatable bonds is 5. The van der Waals surface area contributed by atoms with E-state index in [1.54, 1.807) is 0 Å². The quantitative estimate of drug-likeness (QED) is 0.491. The molecular formula is C11H10F2N2O5. The summed E-state index contributed by atoms with van der Waals surface area (Å²) in [7, 11) is 0.751. The van der Waals surface area contributed by atoms with Crippen LogP contribution < -0.4 is 5.73 Å². The van der Waals surface area contributed by atoms with Gasteiger partial charge in [-0.1, -0.05) is 6.07 Å². The first-order valence-corrected chi connectivity index (χ1v) is 5.22. The second-order valence-electron chi connectivity index (χ2n) is 3.81. The van der Waals surface area contributed by atoms with Gasteiger partial charge in [0.05, 0.1) is 18.5 Å². The Morgan fingerprint density at radius 2 is 2.05 bits per heavy atom. The number of carbonyl (C=O) groups is 2. The van der Waals surface area contributed by atoms with Crippen LogP contribution in [0.4, 0.5) is 14.5 Å². The summed E-state index contributed by atoms with van der Waals surface area (Å²) in [6.07, 6.45) is -0.583. The fourth-order valence-corrected chi connectivity index (χ4v) is 1.55. The molecule has 20 heavy (non-hydrogen) atoms. The topological polar surface area (TPSA) is 113 Å². The molecule has 1 amide bonds. The molecule has 0 unspecified atom stereocenters. The van der Waals surface area contributed by atoms with E-state index in [0.29, 0.717) is 6.07 Å². The highest BCUT2D eigenvalue weighted by molar-refractivity contribution is 5.82. The number of primary amides is 1. The number of hydrogen-bond acceptors (Lipinski definition) is 5. The number of nitrogens with two attached hydrogens (primary N) is 1. The minimum absolute atomic E-state index is 0.279. The van der Waals surface area contributed by atoms with Crippen LogP contribution in [0.1, 0.15) is 11.1 Å². The molecule has 1 rings (SSSR count). The molecule has 0 radical (unpaired) electrons. The average molecular weight is 288 g/mol. The van der Waals surface area contributed by atoms with Crippen molar-refractivity contribution in [2.75, 3.05) is 7.11 Å². The summed E-state index contributed by atoms with van der Waals surface area (Å²) in [5, 5.41) is 10.6. The zero-order valence-corrected chi connectivity index (χ0v) is 10.3. The number of nitro benzene ring substituents is 1. The van der Waals surface area contributed by atoms with E-state index in [1.165, 1.54) is 0 Å². The van der Waals surface area contributed by atoms with E-state index in [2.05, 4.69) is 4.74 Å². The average Bonchev–Trinajstić information content (AvgIpc) is 2.36. The van der Waals surface area contributed by atoms with Gasteiger partial charge in [-0.25, -0.2) is 4.79 Å². The Labute approximate surface area is 111 Å². The van der Waals surface area contributed by atoms with Crippen LogP contribution in [0.15, 0.2) is 18.2 Å². The van der Waals surface area contributed by atoms with Crippen LogP contribution >= 0.6 is 0 Å². The van der Waals surface area contributed by atoms with Gasteiger partial charge in [-0.2, -0.15) is 8.78 Å². The first-order chi connectivity index (χ1) is 9.20. The summed E-state index contributed by atoms with van der Waals surface area (Å²) in [6.45, 7) is 0. The summed E-state index contributed by atoms with van der Waals surface area (Å²) < 4.78 is 31.7. The lowest BCUT2D eigenvalue weighted by Gasteiger charge is -2.17. The molecule has 0 spiro atoms. The lowest BCUT2D eigenvalue weighted by Crippen LogP contribution is -2.29. The van der Waals surface area contributed by atoms with Crippen molar-refractivity contribution in [3.8, 4) is 0 Å². The molecule has 0 bridgehead atoms. The lowest BCUT2D eigenvalue weighted by atomic mass is 9.98. The van der Waals surface area contributed by atoms with Crippen molar-refractivity contribution < 1.29 is 28.0 Å². The van der Waals surface area contributed by atoms with Crippen LogP contribution in [-0.2, 0) is 26.7 Å². The summed E-state index contributed by atoms with van der Waals surface area (Å²) in [4.78, 5) is 31.6. The fourth-order valence-electron chi connectivity index (χ4n) is 1.55. The number of carbonyl (C=O) groups excluding carboxylic acids is 2. The van der Waals surface area contributed by atoms with Gasteiger partial charge < -0.3 is 10.5 Å². The molecule has 0 aliphatic heterocycles. The molecule has 9 heteroatoms. The highest BCUT2D eigenvalue weighted by atomic mass is 19.3. The number of halogens is 2. The van der Waals surface area contributed by atoms with Crippen LogP contribution in [0.2, 0.25) is 0 Å². The number of amides is 1. The molecular weight excluding hydrogens is 278 g/mol. The van der Waals surface area contributed by atoms with Crippen LogP contribution in [0.3, 0.4) is 0 Å². The molecule has 0 aliphatic rings. The highest BCUT2D eigenvalue weighted by Crippen LogP contribution is 2.34. The van der Waals surface area contributed by atoms with Gasteiger partial charge in [0.15, 0.2) is 0 Å². The summed E-state index contributed by atoms with van der Waals surface area (Å²) in [6, 6.07) is 2.42. The van der Waals surface area contributed by atoms with E-state index in [9.17, 15) is 28.5 Å². The molecule has 0 saturated heterocycles. The normalized spacial score (nSPS) is 10.9. The van der Waals surface area contributed by atoms with Crippen LogP contribution in [-0.4, -0.2) is 23.9 Å². The smallest absolute Gasteiger partial charge is 0.381 e. The van der Waals surface area contributed by atoms with Crippen molar-refractivity contribution in [3.05, 3.63) is 39.4 Å². The minimum atomic E-state index is -4.12. The lowest BCUT2D eigenvalue weighted by molar-refractivity contribution is -0.385. The maximum Gasteiger partial charge on any atom is 0.381 e. The number of nitro groups is 1. The molecule has 0 atom stereocenters. The molecule has 1 aromatic carbocycles. The second-order valence-corrected chi connectivity index (χ2v) is 3.81. The van der Waals surface area contributed by atoms with E-state index in [1.807, 2.05) is 0 Å². The summed E-state index contributed by atoms with van der Waals surface area (Å²) in [5.41, 5.74) is 3.01. The Morgan fingerprint density at radius 3 is 2.50 bits per heavy atom. The summed E-state index contributed by atoms with van der Waals surface area (Å²) in [5.74, 6) is -6.92. The SMILES string of the molecule is COC(=O)C(F)(F)c1cc([N+](=O)[O-])ccc1CC(N)=O. The van der Waals surface area contributed by atoms with Gasteiger partial charge >= 0.3 is 11.9 Å². The number of nitrogens with zero attached hydrogens (tertiary/aromatic N) is 1. The van der Waals surface area contributed by atoms with E-state index >= 15 is 0 Å². The number of hydrogen-bond donors (Lipinski definition) is 1. The maximum atomic E-state index is 13.9. The highest BCUT2D eigenvalue weighted by Gasteiger charge is 2.45. The molecule has 0 aromatic heterocycles. The third kappa shape index (κ3) is 3.05. The van der Waals surface area contributed by atoms with Crippen molar-refractivity contribution >= 4 is 17.6 Å². The molecule has 0 aliphatic carbocycles. The third-order valence-corrected chi connectivity index (χ3v) is 2.45. The number of non-ortho nitro benzene ring substituents is 1. The molecule has 2 N–H and O–H groups in total. The minimum Gasteiger partial charge on any atom is -0.464 e. The van der Waals surface area contributed by atoms with Crippen LogP contribution in [0.5, 0.6) is 0 Å². The number of ether oxygens (including phenoxy) is 1. The van der Waals surface area contributed by atoms with Gasteiger partial charge in [-0.05, 0) is 5.56 Å². The Hall–Kier alpha value is -2.58. The van der Waals surface area contributed by atoms with Crippen molar-refractivity contribution in [2.45, 2.75) is 12.3 Å². The molecule has 7 nitrogen and oxygen atoms in total. The van der Waals surface area contributed by atoms with E-state index < -0.39 is 40.4 Å². The van der Waals surface area contributed by atoms with Crippen molar-refractivity contribution in [1.82, 2.24) is 0 Å². The largest absolute Gasteiger partial charge is 0.464 e. The number of methoxy groups -OCH3 is 1. The molecule has 0 saturated carbocycles. The predicted octanol–water partition coefficient (Wildman–Crippen LogP) is 0.887. The van der Waals surface area contributed by atoms with Crippen molar-refractivity contribution in [2.24, 2.45) is 5.73 Å². The standard InChI is InChI=1S/C11H10F2N2O5/c1-20-10(17)11(12,13)8-5-7(15(18)19)3-2-6(8)4-9(14)16/h2-3,5H,4H2,1H3,(H2,14,16). The second kappa shape index (κ2) is 5.59. The first-order valence-electron chi connectivity index (χ1n) is 5.22. The van der Waals surface area contributed by atoms with Gasteiger partial charge in [0, 0.05) is 17.7 Å². The number of benzene rings is 1. The zero-order chi connectivity index (χ0) is 15.5. The van der Waals surface area contributed by atoms with Crippen molar-refractivity contribution in [1.29, 1.82) is 0 Å². The van der Waals surface area contributed by atoms with Gasteiger partial charge in [-0.3, -0.25) is 14.9 Å². The third-order valence-electron chi connectivity index (χ3n) is 2.45. The van der Waals surface area contributed by atoms with Crippen molar-refractivity contribution in [3.63, 3.8) is 0 Å². The number of alkyl halides is 2. The van der Waals surface area contributed by atoms with E-state index in [4.69, 9.17) is 5.73 Å².